The Morgan fingerprint density at radius 2 is 1.64 bits per heavy atom. The van der Waals surface area contributed by atoms with Gasteiger partial charge in [-0.1, -0.05) is 54.6 Å². The molecule has 1 atom stereocenters. The molecule has 3 N–H and O–H groups in total. The van der Waals surface area contributed by atoms with Crippen LogP contribution in [0.5, 0.6) is 0 Å². The zero-order valence-corrected chi connectivity index (χ0v) is 14.3. The van der Waals surface area contributed by atoms with Crippen molar-refractivity contribution in [1.29, 1.82) is 0 Å². The quantitative estimate of drug-likeness (QED) is 0.619. The van der Waals surface area contributed by atoms with Gasteiger partial charge in [0.1, 0.15) is 0 Å². The zero-order valence-electron chi connectivity index (χ0n) is 14.3. The number of rotatable bonds is 7. The molecule has 0 spiro atoms. The van der Waals surface area contributed by atoms with Crippen molar-refractivity contribution in [2.24, 2.45) is 0 Å². The van der Waals surface area contributed by atoms with Gasteiger partial charge in [0.25, 0.3) is 0 Å². The van der Waals surface area contributed by atoms with Gasteiger partial charge in [0, 0.05) is 18.7 Å². The largest absolute Gasteiger partial charge is 0.394 e. The van der Waals surface area contributed by atoms with Crippen LogP contribution in [-0.2, 0) is 6.54 Å². The van der Waals surface area contributed by atoms with Crippen molar-refractivity contribution < 1.29 is 10.2 Å². The minimum atomic E-state index is -0.731. The van der Waals surface area contributed by atoms with Crippen LogP contribution in [0.2, 0.25) is 0 Å². The molecule has 1 heterocycles. The van der Waals surface area contributed by atoms with E-state index in [9.17, 15) is 5.11 Å². The van der Waals surface area contributed by atoms with E-state index in [-0.39, 0.29) is 6.61 Å². The fourth-order valence-corrected chi connectivity index (χ4v) is 2.91. The van der Waals surface area contributed by atoms with Crippen molar-refractivity contribution >= 4 is 0 Å². The molecule has 0 aliphatic heterocycles. The number of nitrogens with zero attached hydrogens (tertiary/aromatic N) is 2. The molecule has 0 amide bonds. The lowest BCUT2D eigenvalue weighted by atomic mass is 10.0. The van der Waals surface area contributed by atoms with E-state index in [2.05, 4.69) is 46.6 Å². The molecule has 5 nitrogen and oxygen atoms in total. The minimum Gasteiger partial charge on any atom is -0.394 e. The lowest BCUT2D eigenvalue weighted by Gasteiger charge is -2.19. The Hall–Kier alpha value is -2.47. The molecule has 0 fully saturated rings. The Morgan fingerprint density at radius 1 is 1.00 bits per heavy atom. The number of hydrogen-bond acceptors (Lipinski definition) is 4. The first-order chi connectivity index (χ1) is 12.2. The Labute approximate surface area is 147 Å². The van der Waals surface area contributed by atoms with Gasteiger partial charge in [-0.15, -0.1) is 0 Å². The maximum absolute atomic E-state index is 9.57. The molecule has 25 heavy (non-hydrogen) atoms. The van der Waals surface area contributed by atoms with Crippen LogP contribution in [0.3, 0.4) is 0 Å². The van der Waals surface area contributed by atoms with E-state index in [1.165, 1.54) is 11.1 Å². The molecule has 3 rings (SSSR count). The van der Waals surface area contributed by atoms with Gasteiger partial charge in [-0.05, 0) is 23.7 Å². The summed E-state index contributed by atoms with van der Waals surface area (Å²) in [7, 11) is 1.91. The normalized spacial score (nSPS) is 12.5. The summed E-state index contributed by atoms with van der Waals surface area (Å²) in [5.41, 5.74) is 5.47. The number of H-pyrrole nitrogens is 1. The molecule has 0 radical (unpaired) electrons. The van der Waals surface area contributed by atoms with E-state index < -0.39 is 6.10 Å². The third kappa shape index (κ3) is 4.33. The first kappa shape index (κ1) is 17.4. The molecule has 0 saturated heterocycles. The van der Waals surface area contributed by atoms with Crippen LogP contribution >= 0.6 is 0 Å². The van der Waals surface area contributed by atoms with Gasteiger partial charge >= 0.3 is 0 Å². The van der Waals surface area contributed by atoms with Gasteiger partial charge in [0.05, 0.1) is 24.6 Å². The molecule has 0 aliphatic carbocycles. The fourth-order valence-electron chi connectivity index (χ4n) is 2.91. The van der Waals surface area contributed by atoms with Gasteiger partial charge < -0.3 is 10.2 Å². The first-order valence-corrected chi connectivity index (χ1v) is 8.33. The monoisotopic (exact) mass is 337 g/mol. The summed E-state index contributed by atoms with van der Waals surface area (Å²) in [5, 5.41) is 25.8. The Balaban J connectivity index is 1.76. The predicted octanol–water partition coefficient (Wildman–Crippen LogP) is 2.53. The number of aromatic nitrogens is 2. The lowest BCUT2D eigenvalue weighted by Crippen LogP contribution is -2.31. The Morgan fingerprint density at radius 3 is 2.32 bits per heavy atom. The number of aromatic amines is 1. The molecule has 5 heteroatoms. The van der Waals surface area contributed by atoms with E-state index >= 15 is 0 Å². The summed E-state index contributed by atoms with van der Waals surface area (Å²) in [5.74, 6) is 0. The Kier molecular flexibility index (Phi) is 5.60. The van der Waals surface area contributed by atoms with Crippen LogP contribution in [0.1, 0.15) is 5.56 Å². The SMILES string of the molecule is CN(Cc1cn[nH]c1-c1ccc(-c2ccccc2)cc1)C[C@@H](O)CO. The maximum atomic E-state index is 9.57. The third-order valence-electron chi connectivity index (χ3n) is 4.17. The van der Waals surface area contributed by atoms with E-state index in [0.717, 1.165) is 16.8 Å². The van der Waals surface area contributed by atoms with E-state index in [0.29, 0.717) is 13.1 Å². The number of benzene rings is 2. The molecular formula is C20H23N3O2. The topological polar surface area (TPSA) is 72.4 Å². The number of aliphatic hydroxyl groups is 2. The van der Waals surface area contributed by atoms with Crippen LogP contribution < -0.4 is 0 Å². The maximum Gasteiger partial charge on any atom is 0.0897 e. The van der Waals surface area contributed by atoms with Gasteiger partial charge in [-0.2, -0.15) is 5.10 Å². The fraction of sp³-hybridized carbons (Fsp3) is 0.250. The molecule has 0 bridgehead atoms. The first-order valence-electron chi connectivity index (χ1n) is 8.33. The van der Waals surface area contributed by atoms with Crippen LogP contribution in [-0.4, -0.2) is 51.6 Å². The summed E-state index contributed by atoms with van der Waals surface area (Å²) in [6.45, 7) is 0.820. The highest BCUT2D eigenvalue weighted by Gasteiger charge is 2.12. The highest BCUT2D eigenvalue weighted by molar-refractivity contribution is 5.69. The van der Waals surface area contributed by atoms with Crippen molar-refractivity contribution in [1.82, 2.24) is 15.1 Å². The molecular weight excluding hydrogens is 314 g/mol. The molecule has 0 aliphatic rings. The van der Waals surface area contributed by atoms with Crippen molar-refractivity contribution in [3.8, 4) is 22.4 Å². The average Bonchev–Trinajstić information content (AvgIpc) is 3.10. The van der Waals surface area contributed by atoms with E-state index in [4.69, 9.17) is 5.11 Å². The van der Waals surface area contributed by atoms with Gasteiger partial charge in [0.2, 0.25) is 0 Å². The number of likely N-dealkylation sites (N-methyl/N-ethyl adjacent to an activating group) is 1. The van der Waals surface area contributed by atoms with E-state index in [1.54, 1.807) is 0 Å². The Bertz CT molecular complexity index is 784. The summed E-state index contributed by atoms with van der Waals surface area (Å²) in [4.78, 5) is 1.97. The number of nitrogens with one attached hydrogen (secondary N) is 1. The van der Waals surface area contributed by atoms with Gasteiger partial charge in [-0.3, -0.25) is 10.00 Å². The molecule has 0 unspecified atom stereocenters. The highest BCUT2D eigenvalue weighted by Crippen LogP contribution is 2.26. The van der Waals surface area contributed by atoms with Crippen LogP contribution in [0.25, 0.3) is 22.4 Å². The summed E-state index contributed by atoms with van der Waals surface area (Å²) < 4.78 is 0. The smallest absolute Gasteiger partial charge is 0.0897 e. The summed E-state index contributed by atoms with van der Waals surface area (Å²) in [6.07, 6.45) is 1.08. The highest BCUT2D eigenvalue weighted by atomic mass is 16.3. The van der Waals surface area contributed by atoms with Crippen molar-refractivity contribution in [3.63, 3.8) is 0 Å². The molecule has 130 valence electrons. The van der Waals surface area contributed by atoms with Crippen LogP contribution in [0.4, 0.5) is 0 Å². The summed E-state index contributed by atoms with van der Waals surface area (Å²) in [6, 6.07) is 18.7. The van der Waals surface area contributed by atoms with Gasteiger partial charge in [-0.25, -0.2) is 0 Å². The zero-order chi connectivity index (χ0) is 17.6. The van der Waals surface area contributed by atoms with Gasteiger partial charge in [0.15, 0.2) is 0 Å². The molecule has 1 aromatic heterocycles. The standard InChI is InChI=1S/C20H23N3O2/c1-23(13-19(25)14-24)12-18-11-21-22-20(18)17-9-7-16(8-10-17)15-5-3-2-4-6-15/h2-11,19,24-25H,12-14H2,1H3,(H,21,22)/t19-/m1/s1. The molecule has 0 saturated carbocycles. The minimum absolute atomic E-state index is 0.233. The third-order valence-corrected chi connectivity index (χ3v) is 4.17. The van der Waals surface area contributed by atoms with Crippen LogP contribution in [0, 0.1) is 0 Å². The van der Waals surface area contributed by atoms with E-state index in [1.807, 2.05) is 36.3 Å². The number of aliphatic hydroxyl groups excluding tert-OH is 2. The second-order valence-electron chi connectivity index (χ2n) is 6.25. The van der Waals surface area contributed by atoms with Crippen molar-refractivity contribution in [3.05, 3.63) is 66.4 Å². The second kappa shape index (κ2) is 8.07. The second-order valence-corrected chi connectivity index (χ2v) is 6.25. The predicted molar refractivity (Wildman–Crippen MR) is 98.9 cm³/mol. The van der Waals surface area contributed by atoms with Crippen molar-refractivity contribution in [2.75, 3.05) is 20.2 Å². The average molecular weight is 337 g/mol. The molecule has 3 aromatic rings. The summed E-state index contributed by atoms with van der Waals surface area (Å²) >= 11 is 0. The number of hydrogen-bond donors (Lipinski definition) is 3. The lowest BCUT2D eigenvalue weighted by molar-refractivity contribution is 0.0648. The molecule has 2 aromatic carbocycles. The van der Waals surface area contributed by atoms with Crippen LogP contribution in [0.15, 0.2) is 60.8 Å². The van der Waals surface area contributed by atoms with Crippen molar-refractivity contribution in [2.45, 2.75) is 12.6 Å².